The minimum absolute atomic E-state index is 0.117. The molecular formula is C15H20N4O3. The molecule has 1 saturated heterocycles. The Kier molecular flexibility index (Phi) is 3.98. The third-order valence-corrected chi connectivity index (χ3v) is 4.24. The van der Waals surface area contributed by atoms with E-state index in [0.717, 1.165) is 23.3 Å². The Morgan fingerprint density at radius 2 is 2.23 bits per heavy atom. The van der Waals surface area contributed by atoms with Gasteiger partial charge in [-0.25, -0.2) is 14.8 Å². The summed E-state index contributed by atoms with van der Waals surface area (Å²) in [4.78, 5) is 25.7. The zero-order chi connectivity index (χ0) is 15.7. The molecule has 7 heteroatoms. The van der Waals surface area contributed by atoms with Crippen LogP contribution in [-0.4, -0.2) is 54.3 Å². The average molecular weight is 304 g/mol. The number of aromatic amines is 1. The summed E-state index contributed by atoms with van der Waals surface area (Å²) < 4.78 is 10.1. The van der Waals surface area contributed by atoms with E-state index in [-0.39, 0.29) is 11.9 Å². The van der Waals surface area contributed by atoms with Crippen LogP contribution in [0.5, 0.6) is 0 Å². The van der Waals surface area contributed by atoms with E-state index < -0.39 is 6.10 Å². The summed E-state index contributed by atoms with van der Waals surface area (Å²) in [7, 11) is 2.92. The van der Waals surface area contributed by atoms with E-state index in [1.54, 1.807) is 6.33 Å². The molecule has 1 N–H and O–H groups in total. The first kappa shape index (κ1) is 14.8. The molecule has 1 fully saturated rings. The minimum atomic E-state index is -0.518. The van der Waals surface area contributed by atoms with E-state index in [2.05, 4.69) is 26.8 Å². The number of carbonyl (C=O) groups excluding carboxylic acids is 1. The summed E-state index contributed by atoms with van der Waals surface area (Å²) >= 11 is 0. The van der Waals surface area contributed by atoms with Crippen LogP contribution in [0.15, 0.2) is 12.5 Å². The molecule has 1 aliphatic heterocycles. The van der Waals surface area contributed by atoms with Crippen molar-refractivity contribution in [3.63, 3.8) is 0 Å². The van der Waals surface area contributed by atoms with Gasteiger partial charge in [0, 0.05) is 32.3 Å². The number of nitrogens with one attached hydrogen (secondary N) is 1. The second-order valence-electron chi connectivity index (χ2n) is 5.43. The van der Waals surface area contributed by atoms with Crippen LogP contribution in [0.25, 0.3) is 11.0 Å². The van der Waals surface area contributed by atoms with Gasteiger partial charge in [-0.05, 0) is 12.0 Å². The number of nitrogens with zero attached hydrogens (tertiary/aromatic N) is 3. The predicted molar refractivity (Wildman–Crippen MR) is 81.8 cm³/mol. The standard InChI is InChI=1S/C15H20N4O3/c1-4-9-5-16-13-11(9)14(18-8-17-13)19-6-10(7-19)12(21-2)15(20)22-3/h5,8,10,12H,4,6-7H2,1-3H3,(H,16,17,18). The lowest BCUT2D eigenvalue weighted by Gasteiger charge is -2.42. The van der Waals surface area contributed by atoms with Gasteiger partial charge in [-0.15, -0.1) is 0 Å². The lowest BCUT2D eigenvalue weighted by Crippen LogP contribution is -2.55. The zero-order valence-corrected chi connectivity index (χ0v) is 13.0. The van der Waals surface area contributed by atoms with Crippen LogP contribution in [0.1, 0.15) is 12.5 Å². The largest absolute Gasteiger partial charge is 0.467 e. The summed E-state index contributed by atoms with van der Waals surface area (Å²) in [5.74, 6) is 0.710. The number of carbonyl (C=O) groups is 1. The second kappa shape index (κ2) is 5.92. The highest BCUT2D eigenvalue weighted by atomic mass is 16.6. The number of hydrogen-bond acceptors (Lipinski definition) is 6. The molecule has 0 amide bonds. The number of rotatable bonds is 5. The molecule has 0 spiro atoms. The van der Waals surface area contributed by atoms with Gasteiger partial charge in [0.15, 0.2) is 6.10 Å². The Labute approximate surface area is 128 Å². The lowest BCUT2D eigenvalue weighted by atomic mass is 9.93. The van der Waals surface area contributed by atoms with Crippen molar-refractivity contribution in [2.75, 3.05) is 32.2 Å². The van der Waals surface area contributed by atoms with Gasteiger partial charge >= 0.3 is 5.97 Å². The summed E-state index contributed by atoms with van der Waals surface area (Å²) in [5, 5.41) is 1.07. The Hall–Kier alpha value is -2.15. The highest BCUT2D eigenvalue weighted by Crippen LogP contribution is 2.33. The van der Waals surface area contributed by atoms with E-state index >= 15 is 0 Å². The molecule has 3 heterocycles. The fraction of sp³-hybridized carbons (Fsp3) is 0.533. The number of ether oxygens (including phenoxy) is 2. The van der Waals surface area contributed by atoms with Gasteiger partial charge in [0.05, 0.1) is 12.5 Å². The highest BCUT2D eigenvalue weighted by molar-refractivity contribution is 5.91. The monoisotopic (exact) mass is 304 g/mol. The molecule has 7 nitrogen and oxygen atoms in total. The quantitative estimate of drug-likeness (QED) is 0.835. The van der Waals surface area contributed by atoms with E-state index in [9.17, 15) is 4.79 Å². The molecular weight excluding hydrogens is 284 g/mol. The molecule has 0 aliphatic carbocycles. The third kappa shape index (κ3) is 2.31. The van der Waals surface area contributed by atoms with E-state index in [0.29, 0.717) is 13.1 Å². The van der Waals surface area contributed by atoms with Gasteiger partial charge in [0.1, 0.15) is 17.8 Å². The molecule has 1 atom stereocenters. The fourth-order valence-electron chi connectivity index (χ4n) is 3.00. The van der Waals surface area contributed by atoms with Crippen LogP contribution >= 0.6 is 0 Å². The molecule has 1 aliphatic rings. The number of anilines is 1. The summed E-state index contributed by atoms with van der Waals surface area (Å²) in [6.45, 7) is 3.54. The van der Waals surface area contributed by atoms with Crippen molar-refractivity contribution < 1.29 is 14.3 Å². The number of fused-ring (bicyclic) bond motifs is 1. The second-order valence-corrected chi connectivity index (χ2v) is 5.43. The molecule has 0 radical (unpaired) electrons. The molecule has 0 bridgehead atoms. The van der Waals surface area contributed by atoms with Gasteiger partial charge in [0.25, 0.3) is 0 Å². The molecule has 2 aromatic rings. The highest BCUT2D eigenvalue weighted by Gasteiger charge is 2.39. The molecule has 118 valence electrons. The Balaban J connectivity index is 1.81. The van der Waals surface area contributed by atoms with Gasteiger partial charge in [-0.1, -0.05) is 6.92 Å². The molecule has 0 saturated carbocycles. The Bertz CT molecular complexity index is 678. The van der Waals surface area contributed by atoms with Crippen LogP contribution in [0.4, 0.5) is 5.82 Å². The zero-order valence-electron chi connectivity index (χ0n) is 13.0. The SMILES string of the molecule is CCc1c[nH]c2ncnc(N3CC(C(OC)C(=O)OC)C3)c12. The summed E-state index contributed by atoms with van der Waals surface area (Å²) in [6.07, 6.45) is 3.94. The maximum atomic E-state index is 11.7. The smallest absolute Gasteiger partial charge is 0.335 e. The van der Waals surface area contributed by atoms with Gasteiger partial charge in [0.2, 0.25) is 0 Å². The molecule has 3 rings (SSSR count). The van der Waals surface area contributed by atoms with E-state index in [1.165, 1.54) is 19.8 Å². The van der Waals surface area contributed by atoms with Gasteiger partial charge in [-0.2, -0.15) is 0 Å². The molecule has 22 heavy (non-hydrogen) atoms. The first-order valence-corrected chi connectivity index (χ1v) is 7.36. The maximum Gasteiger partial charge on any atom is 0.335 e. The number of H-pyrrole nitrogens is 1. The van der Waals surface area contributed by atoms with Crippen molar-refractivity contribution in [1.29, 1.82) is 0 Å². The Morgan fingerprint density at radius 1 is 1.45 bits per heavy atom. The van der Waals surface area contributed by atoms with Crippen molar-refractivity contribution in [3.05, 3.63) is 18.1 Å². The minimum Gasteiger partial charge on any atom is -0.467 e. The van der Waals surface area contributed by atoms with Crippen LogP contribution in [0.2, 0.25) is 0 Å². The number of methoxy groups -OCH3 is 2. The van der Waals surface area contributed by atoms with Crippen molar-refractivity contribution in [1.82, 2.24) is 15.0 Å². The predicted octanol–water partition coefficient (Wildman–Crippen LogP) is 1.14. The summed E-state index contributed by atoms with van der Waals surface area (Å²) in [6, 6.07) is 0. The number of aryl methyl sites for hydroxylation is 1. The number of esters is 1. The Morgan fingerprint density at radius 3 is 2.86 bits per heavy atom. The lowest BCUT2D eigenvalue weighted by molar-refractivity contribution is -0.156. The van der Waals surface area contributed by atoms with Crippen molar-refractivity contribution in [2.45, 2.75) is 19.4 Å². The van der Waals surface area contributed by atoms with Crippen molar-refractivity contribution in [3.8, 4) is 0 Å². The first-order chi connectivity index (χ1) is 10.7. The fourth-order valence-corrected chi connectivity index (χ4v) is 3.00. The van der Waals surface area contributed by atoms with Crippen LogP contribution < -0.4 is 4.90 Å². The van der Waals surface area contributed by atoms with Crippen LogP contribution in [0, 0.1) is 5.92 Å². The molecule has 2 aromatic heterocycles. The van der Waals surface area contributed by atoms with E-state index in [4.69, 9.17) is 9.47 Å². The molecule has 0 aromatic carbocycles. The normalized spacial score (nSPS) is 16.6. The first-order valence-electron chi connectivity index (χ1n) is 7.36. The van der Waals surface area contributed by atoms with Crippen LogP contribution in [0.3, 0.4) is 0 Å². The van der Waals surface area contributed by atoms with Crippen molar-refractivity contribution >= 4 is 22.8 Å². The van der Waals surface area contributed by atoms with Crippen molar-refractivity contribution in [2.24, 2.45) is 5.92 Å². The van der Waals surface area contributed by atoms with Gasteiger partial charge < -0.3 is 19.4 Å². The maximum absolute atomic E-state index is 11.7. The van der Waals surface area contributed by atoms with Crippen LogP contribution in [-0.2, 0) is 20.7 Å². The third-order valence-electron chi connectivity index (χ3n) is 4.24. The number of aromatic nitrogens is 3. The van der Waals surface area contributed by atoms with E-state index in [1.807, 2.05) is 6.20 Å². The van der Waals surface area contributed by atoms with Gasteiger partial charge in [-0.3, -0.25) is 0 Å². The average Bonchev–Trinajstić information content (AvgIpc) is 2.93. The number of hydrogen-bond donors (Lipinski definition) is 1. The molecule has 1 unspecified atom stereocenters. The topological polar surface area (TPSA) is 80.3 Å². The summed E-state index contributed by atoms with van der Waals surface area (Å²) in [5.41, 5.74) is 2.05.